The fourth-order valence-corrected chi connectivity index (χ4v) is 1.81. The molecule has 1 amide bonds. The van der Waals surface area contributed by atoms with Gasteiger partial charge in [0.15, 0.2) is 6.10 Å². The maximum atomic E-state index is 11.8. The number of aromatic nitrogens is 2. The molecular formula is C12H13N3O3S. The summed E-state index contributed by atoms with van der Waals surface area (Å²) in [5.74, 6) is 0.966. The van der Waals surface area contributed by atoms with E-state index < -0.39 is 6.10 Å². The fraction of sp³-hybridized carbons (Fsp3) is 0.250. The lowest BCUT2D eigenvalue weighted by molar-refractivity contribution is -0.122. The summed E-state index contributed by atoms with van der Waals surface area (Å²) < 4.78 is 10.6. The highest BCUT2D eigenvalue weighted by molar-refractivity contribution is 7.13. The first kappa shape index (κ1) is 13.3. The van der Waals surface area contributed by atoms with Crippen LogP contribution in [-0.4, -0.2) is 29.3 Å². The minimum absolute atomic E-state index is 0.278. The molecule has 1 aromatic carbocycles. The number of ether oxygens (including phenoxy) is 2. The van der Waals surface area contributed by atoms with Crippen molar-refractivity contribution in [2.24, 2.45) is 0 Å². The molecule has 2 aromatic rings. The lowest BCUT2D eigenvalue weighted by Crippen LogP contribution is -2.30. The summed E-state index contributed by atoms with van der Waals surface area (Å²) in [6.45, 7) is 1.66. The lowest BCUT2D eigenvalue weighted by atomic mass is 10.3. The van der Waals surface area contributed by atoms with Crippen molar-refractivity contribution in [1.29, 1.82) is 0 Å². The Labute approximate surface area is 114 Å². The monoisotopic (exact) mass is 279 g/mol. The molecule has 6 nitrogen and oxygen atoms in total. The second-order valence-corrected chi connectivity index (χ2v) is 4.51. The molecular weight excluding hydrogens is 266 g/mol. The molecule has 0 aliphatic rings. The molecule has 1 unspecified atom stereocenters. The number of carbonyl (C=O) groups is 1. The first-order valence-electron chi connectivity index (χ1n) is 5.57. The van der Waals surface area contributed by atoms with Crippen molar-refractivity contribution in [1.82, 2.24) is 10.2 Å². The van der Waals surface area contributed by atoms with Crippen LogP contribution in [0.2, 0.25) is 0 Å². The third kappa shape index (κ3) is 3.65. The van der Waals surface area contributed by atoms with Crippen LogP contribution in [0, 0.1) is 0 Å². The average Bonchev–Trinajstić information content (AvgIpc) is 2.91. The molecule has 100 valence electrons. The summed E-state index contributed by atoms with van der Waals surface area (Å²) in [6.07, 6.45) is -0.643. The Balaban J connectivity index is 1.96. The van der Waals surface area contributed by atoms with Crippen molar-refractivity contribution in [3.63, 3.8) is 0 Å². The first-order valence-corrected chi connectivity index (χ1v) is 6.45. The standard InChI is InChI=1S/C12H13N3O3S/c1-8(11(16)14-12-15-13-7-19-12)18-10-5-3-4-9(6-10)17-2/h3-8H,1-2H3,(H,14,15,16). The Morgan fingerprint density at radius 2 is 2.21 bits per heavy atom. The number of nitrogens with one attached hydrogen (secondary N) is 1. The molecule has 1 N–H and O–H groups in total. The van der Waals surface area contributed by atoms with E-state index in [9.17, 15) is 4.79 Å². The summed E-state index contributed by atoms with van der Waals surface area (Å²) in [5.41, 5.74) is 1.54. The number of amides is 1. The normalized spacial score (nSPS) is 11.7. The minimum atomic E-state index is -0.643. The van der Waals surface area contributed by atoms with E-state index in [-0.39, 0.29) is 5.91 Å². The smallest absolute Gasteiger partial charge is 0.266 e. The van der Waals surface area contributed by atoms with Crippen LogP contribution in [0.3, 0.4) is 0 Å². The summed E-state index contributed by atoms with van der Waals surface area (Å²) in [7, 11) is 1.57. The number of carbonyl (C=O) groups excluding carboxylic acids is 1. The lowest BCUT2D eigenvalue weighted by Gasteiger charge is -2.14. The first-order chi connectivity index (χ1) is 9.19. The minimum Gasteiger partial charge on any atom is -0.497 e. The zero-order chi connectivity index (χ0) is 13.7. The SMILES string of the molecule is COc1cccc(OC(C)C(=O)Nc2nncs2)c1. The van der Waals surface area contributed by atoms with E-state index in [4.69, 9.17) is 9.47 Å². The van der Waals surface area contributed by atoms with Gasteiger partial charge in [-0.05, 0) is 19.1 Å². The summed E-state index contributed by atoms with van der Waals surface area (Å²) in [6, 6.07) is 7.08. The zero-order valence-electron chi connectivity index (χ0n) is 10.5. The predicted molar refractivity (Wildman–Crippen MR) is 71.6 cm³/mol. The summed E-state index contributed by atoms with van der Waals surface area (Å²) in [5, 5.41) is 10.4. The van der Waals surface area contributed by atoms with Gasteiger partial charge in [-0.15, -0.1) is 10.2 Å². The maximum absolute atomic E-state index is 11.8. The van der Waals surface area contributed by atoms with Crippen molar-refractivity contribution in [2.75, 3.05) is 12.4 Å². The van der Waals surface area contributed by atoms with Crippen LogP contribution in [0.25, 0.3) is 0 Å². The van der Waals surface area contributed by atoms with Gasteiger partial charge >= 0.3 is 0 Å². The van der Waals surface area contributed by atoms with E-state index in [0.29, 0.717) is 16.6 Å². The Kier molecular flexibility index (Phi) is 4.30. The molecule has 0 fully saturated rings. The zero-order valence-corrected chi connectivity index (χ0v) is 11.3. The number of benzene rings is 1. The molecule has 19 heavy (non-hydrogen) atoms. The van der Waals surface area contributed by atoms with Gasteiger partial charge in [-0.3, -0.25) is 10.1 Å². The fourth-order valence-electron chi connectivity index (χ4n) is 1.37. The largest absolute Gasteiger partial charge is 0.497 e. The molecule has 0 saturated heterocycles. The van der Waals surface area contributed by atoms with E-state index in [1.807, 2.05) is 0 Å². The molecule has 7 heteroatoms. The molecule has 2 rings (SSSR count). The molecule has 1 heterocycles. The Morgan fingerprint density at radius 1 is 1.42 bits per heavy atom. The summed E-state index contributed by atoms with van der Waals surface area (Å²) in [4.78, 5) is 11.8. The van der Waals surface area contributed by atoms with Gasteiger partial charge < -0.3 is 9.47 Å². The van der Waals surface area contributed by atoms with Crippen molar-refractivity contribution in [2.45, 2.75) is 13.0 Å². The van der Waals surface area contributed by atoms with Crippen molar-refractivity contribution in [3.05, 3.63) is 29.8 Å². The summed E-state index contributed by atoms with van der Waals surface area (Å²) >= 11 is 1.25. The van der Waals surface area contributed by atoms with E-state index in [0.717, 1.165) is 0 Å². The van der Waals surface area contributed by atoms with Gasteiger partial charge in [-0.2, -0.15) is 0 Å². The van der Waals surface area contributed by atoms with Gasteiger partial charge in [0, 0.05) is 6.07 Å². The van der Waals surface area contributed by atoms with Crippen LogP contribution in [-0.2, 0) is 4.79 Å². The van der Waals surface area contributed by atoms with Gasteiger partial charge in [0.2, 0.25) is 5.13 Å². The number of nitrogens with zero attached hydrogens (tertiary/aromatic N) is 2. The topological polar surface area (TPSA) is 73.3 Å². The number of methoxy groups -OCH3 is 1. The van der Waals surface area contributed by atoms with Crippen LogP contribution in [0.4, 0.5) is 5.13 Å². The van der Waals surface area contributed by atoms with Crippen LogP contribution in [0.15, 0.2) is 29.8 Å². The van der Waals surface area contributed by atoms with Gasteiger partial charge in [0.1, 0.15) is 17.0 Å². The predicted octanol–water partition coefficient (Wildman–Crippen LogP) is 1.95. The average molecular weight is 279 g/mol. The second kappa shape index (κ2) is 6.14. The second-order valence-electron chi connectivity index (χ2n) is 3.67. The number of hydrogen-bond donors (Lipinski definition) is 1. The van der Waals surface area contributed by atoms with Crippen molar-refractivity contribution >= 4 is 22.4 Å². The van der Waals surface area contributed by atoms with Gasteiger partial charge in [0.25, 0.3) is 5.91 Å². The quantitative estimate of drug-likeness (QED) is 0.905. The molecule has 0 saturated carbocycles. The van der Waals surface area contributed by atoms with E-state index in [1.165, 1.54) is 11.3 Å². The molecule has 0 aliphatic carbocycles. The van der Waals surface area contributed by atoms with Gasteiger partial charge in [-0.25, -0.2) is 0 Å². The molecule has 0 aliphatic heterocycles. The molecule has 0 radical (unpaired) electrons. The van der Waals surface area contributed by atoms with Gasteiger partial charge in [0.05, 0.1) is 7.11 Å². The van der Waals surface area contributed by atoms with E-state index in [2.05, 4.69) is 15.5 Å². The molecule has 0 spiro atoms. The van der Waals surface area contributed by atoms with Crippen molar-refractivity contribution in [3.8, 4) is 11.5 Å². The van der Waals surface area contributed by atoms with Crippen molar-refractivity contribution < 1.29 is 14.3 Å². The van der Waals surface area contributed by atoms with Crippen LogP contribution in [0.5, 0.6) is 11.5 Å². The maximum Gasteiger partial charge on any atom is 0.266 e. The number of rotatable bonds is 5. The molecule has 1 atom stereocenters. The highest BCUT2D eigenvalue weighted by atomic mass is 32.1. The highest BCUT2D eigenvalue weighted by Crippen LogP contribution is 2.20. The van der Waals surface area contributed by atoms with Crippen LogP contribution >= 0.6 is 11.3 Å². The van der Waals surface area contributed by atoms with Gasteiger partial charge in [-0.1, -0.05) is 17.4 Å². The third-order valence-electron chi connectivity index (χ3n) is 2.31. The van der Waals surface area contributed by atoms with E-state index in [1.54, 1.807) is 43.8 Å². The highest BCUT2D eigenvalue weighted by Gasteiger charge is 2.16. The Hall–Kier alpha value is -2.15. The Morgan fingerprint density at radius 3 is 2.89 bits per heavy atom. The van der Waals surface area contributed by atoms with Crippen LogP contribution < -0.4 is 14.8 Å². The van der Waals surface area contributed by atoms with Crippen LogP contribution in [0.1, 0.15) is 6.92 Å². The number of anilines is 1. The number of hydrogen-bond acceptors (Lipinski definition) is 6. The third-order valence-corrected chi connectivity index (χ3v) is 2.92. The molecule has 1 aromatic heterocycles. The Bertz CT molecular complexity index is 545. The van der Waals surface area contributed by atoms with E-state index >= 15 is 0 Å². The molecule has 0 bridgehead atoms.